The molecule has 1 unspecified atom stereocenters. The zero-order chi connectivity index (χ0) is 11.1. The summed E-state index contributed by atoms with van der Waals surface area (Å²) < 4.78 is 0. The lowest BCUT2D eigenvalue weighted by Gasteiger charge is -2.13. The fourth-order valence-electron chi connectivity index (χ4n) is 1.38. The van der Waals surface area contributed by atoms with Crippen molar-refractivity contribution in [1.82, 2.24) is 5.32 Å². The zero-order valence-electron chi connectivity index (χ0n) is 8.52. The van der Waals surface area contributed by atoms with Crippen LogP contribution in [0.25, 0.3) is 0 Å². The number of aliphatic carboxylic acids is 1. The molecule has 0 saturated heterocycles. The van der Waals surface area contributed by atoms with Gasteiger partial charge in [-0.25, -0.2) is 0 Å². The van der Waals surface area contributed by atoms with Gasteiger partial charge in [0.25, 0.3) is 0 Å². The van der Waals surface area contributed by atoms with Crippen molar-refractivity contribution in [2.45, 2.75) is 5.92 Å². The Labute approximate surface area is 89.1 Å². The molecule has 0 aliphatic heterocycles. The second-order valence-electron chi connectivity index (χ2n) is 3.29. The number of hydrogen-bond acceptors (Lipinski definition) is 3. The van der Waals surface area contributed by atoms with Crippen molar-refractivity contribution >= 4 is 5.97 Å². The minimum atomic E-state index is -0.814. The Bertz CT molecular complexity index is 301. The molecule has 1 atom stereocenters. The molecule has 0 heterocycles. The summed E-state index contributed by atoms with van der Waals surface area (Å²) in [5.41, 5.74) is 6.13. The SMILES string of the molecule is NCCNCC(C(=O)O)c1ccccc1. The number of nitrogens with one attached hydrogen (secondary N) is 1. The highest BCUT2D eigenvalue weighted by Gasteiger charge is 2.18. The third kappa shape index (κ3) is 3.69. The first-order chi connectivity index (χ1) is 7.25. The van der Waals surface area contributed by atoms with Crippen molar-refractivity contribution in [3.05, 3.63) is 35.9 Å². The van der Waals surface area contributed by atoms with Crippen LogP contribution in [0.1, 0.15) is 11.5 Å². The van der Waals surface area contributed by atoms with Gasteiger partial charge in [0, 0.05) is 19.6 Å². The highest BCUT2D eigenvalue weighted by atomic mass is 16.4. The summed E-state index contributed by atoms with van der Waals surface area (Å²) in [5.74, 6) is -1.32. The van der Waals surface area contributed by atoms with Gasteiger partial charge in [0.2, 0.25) is 0 Å². The van der Waals surface area contributed by atoms with Crippen molar-refractivity contribution in [1.29, 1.82) is 0 Å². The summed E-state index contributed by atoms with van der Waals surface area (Å²) in [6.45, 7) is 1.56. The van der Waals surface area contributed by atoms with Gasteiger partial charge in [0.15, 0.2) is 0 Å². The molecule has 0 aromatic heterocycles. The molecule has 0 fully saturated rings. The number of carboxylic acid groups (broad SMARTS) is 1. The van der Waals surface area contributed by atoms with Gasteiger partial charge in [-0.1, -0.05) is 30.3 Å². The fourth-order valence-corrected chi connectivity index (χ4v) is 1.38. The van der Waals surface area contributed by atoms with Crippen LogP contribution < -0.4 is 11.1 Å². The standard InChI is InChI=1S/C11H16N2O2/c12-6-7-13-8-10(11(14)15)9-4-2-1-3-5-9/h1-5,10,13H,6-8,12H2,(H,14,15). The van der Waals surface area contributed by atoms with Crippen molar-refractivity contribution in [3.63, 3.8) is 0 Å². The van der Waals surface area contributed by atoms with E-state index in [1.807, 2.05) is 30.3 Å². The first-order valence-corrected chi connectivity index (χ1v) is 4.94. The number of benzene rings is 1. The predicted molar refractivity (Wildman–Crippen MR) is 58.7 cm³/mol. The van der Waals surface area contributed by atoms with Crippen LogP contribution in [0, 0.1) is 0 Å². The highest BCUT2D eigenvalue weighted by Crippen LogP contribution is 2.14. The molecule has 1 rings (SSSR count). The molecule has 0 aliphatic carbocycles. The Balaban J connectivity index is 2.62. The number of hydrogen-bond donors (Lipinski definition) is 3. The molecule has 0 bridgehead atoms. The summed E-state index contributed by atoms with van der Waals surface area (Å²) in [6, 6.07) is 9.20. The summed E-state index contributed by atoms with van der Waals surface area (Å²) in [4.78, 5) is 11.0. The summed E-state index contributed by atoms with van der Waals surface area (Å²) in [7, 11) is 0. The second-order valence-corrected chi connectivity index (χ2v) is 3.29. The minimum absolute atomic E-state index is 0.413. The Morgan fingerprint density at radius 3 is 2.60 bits per heavy atom. The lowest BCUT2D eigenvalue weighted by atomic mass is 9.99. The molecule has 15 heavy (non-hydrogen) atoms. The van der Waals surface area contributed by atoms with Crippen LogP contribution in [0.15, 0.2) is 30.3 Å². The van der Waals surface area contributed by atoms with Gasteiger partial charge < -0.3 is 16.2 Å². The van der Waals surface area contributed by atoms with Gasteiger partial charge in [0.05, 0.1) is 5.92 Å². The first kappa shape index (κ1) is 11.7. The minimum Gasteiger partial charge on any atom is -0.481 e. The van der Waals surface area contributed by atoms with E-state index >= 15 is 0 Å². The molecule has 0 amide bonds. The molecule has 0 spiro atoms. The first-order valence-electron chi connectivity index (χ1n) is 4.94. The number of carboxylic acids is 1. The lowest BCUT2D eigenvalue weighted by Crippen LogP contribution is -2.30. The number of rotatable bonds is 6. The van der Waals surface area contributed by atoms with Crippen molar-refractivity contribution < 1.29 is 9.90 Å². The Kier molecular flexibility index (Phi) is 4.80. The molecular formula is C11H16N2O2. The third-order valence-corrected chi connectivity index (χ3v) is 2.17. The van der Waals surface area contributed by atoms with Gasteiger partial charge >= 0.3 is 5.97 Å². The van der Waals surface area contributed by atoms with E-state index < -0.39 is 11.9 Å². The molecule has 0 aliphatic rings. The molecule has 1 aromatic carbocycles. The zero-order valence-corrected chi connectivity index (χ0v) is 8.52. The monoisotopic (exact) mass is 208 g/mol. The van der Waals surface area contributed by atoms with Gasteiger partial charge in [-0.2, -0.15) is 0 Å². The average molecular weight is 208 g/mol. The molecule has 0 saturated carbocycles. The Morgan fingerprint density at radius 2 is 2.07 bits per heavy atom. The molecule has 0 radical (unpaired) electrons. The van der Waals surface area contributed by atoms with Crippen LogP contribution in [0.3, 0.4) is 0 Å². The van der Waals surface area contributed by atoms with Crippen LogP contribution in [0.4, 0.5) is 0 Å². The topological polar surface area (TPSA) is 75.3 Å². The van der Waals surface area contributed by atoms with E-state index in [9.17, 15) is 4.79 Å². The van der Waals surface area contributed by atoms with E-state index in [4.69, 9.17) is 10.8 Å². The second kappa shape index (κ2) is 6.16. The van der Waals surface area contributed by atoms with Crippen molar-refractivity contribution in [3.8, 4) is 0 Å². The van der Waals surface area contributed by atoms with E-state index in [0.29, 0.717) is 19.6 Å². The maximum absolute atomic E-state index is 11.0. The van der Waals surface area contributed by atoms with Gasteiger partial charge in [-0.3, -0.25) is 4.79 Å². The van der Waals surface area contributed by atoms with E-state index in [-0.39, 0.29) is 0 Å². The smallest absolute Gasteiger partial charge is 0.312 e. The van der Waals surface area contributed by atoms with E-state index in [2.05, 4.69) is 5.32 Å². The summed E-state index contributed by atoms with van der Waals surface area (Å²) in [6.07, 6.45) is 0. The predicted octanol–water partition coefficient (Wildman–Crippen LogP) is 0.403. The summed E-state index contributed by atoms with van der Waals surface area (Å²) in [5, 5.41) is 12.1. The Morgan fingerprint density at radius 1 is 1.40 bits per heavy atom. The molecule has 4 nitrogen and oxygen atoms in total. The average Bonchev–Trinajstić information content (AvgIpc) is 2.25. The summed E-state index contributed by atoms with van der Waals surface area (Å²) >= 11 is 0. The number of carbonyl (C=O) groups is 1. The van der Waals surface area contributed by atoms with E-state index in [1.165, 1.54) is 0 Å². The maximum atomic E-state index is 11.0. The lowest BCUT2D eigenvalue weighted by molar-refractivity contribution is -0.138. The Hall–Kier alpha value is -1.39. The number of nitrogens with two attached hydrogens (primary N) is 1. The van der Waals surface area contributed by atoms with Gasteiger partial charge in [-0.15, -0.1) is 0 Å². The largest absolute Gasteiger partial charge is 0.481 e. The molecule has 1 aromatic rings. The van der Waals surface area contributed by atoms with Crippen LogP contribution in [0.2, 0.25) is 0 Å². The fraction of sp³-hybridized carbons (Fsp3) is 0.364. The highest BCUT2D eigenvalue weighted by molar-refractivity contribution is 5.76. The van der Waals surface area contributed by atoms with Crippen LogP contribution in [-0.4, -0.2) is 30.7 Å². The van der Waals surface area contributed by atoms with E-state index in [1.54, 1.807) is 0 Å². The molecule has 82 valence electrons. The van der Waals surface area contributed by atoms with Crippen LogP contribution in [0.5, 0.6) is 0 Å². The van der Waals surface area contributed by atoms with Gasteiger partial charge in [0.1, 0.15) is 0 Å². The maximum Gasteiger partial charge on any atom is 0.312 e. The molecule has 4 N–H and O–H groups in total. The van der Waals surface area contributed by atoms with Crippen molar-refractivity contribution in [2.75, 3.05) is 19.6 Å². The van der Waals surface area contributed by atoms with E-state index in [0.717, 1.165) is 5.56 Å². The molecule has 4 heteroatoms. The van der Waals surface area contributed by atoms with Crippen LogP contribution in [-0.2, 0) is 4.79 Å². The van der Waals surface area contributed by atoms with Crippen LogP contribution >= 0.6 is 0 Å². The quantitative estimate of drug-likeness (QED) is 0.592. The normalized spacial score (nSPS) is 12.3. The third-order valence-electron chi connectivity index (χ3n) is 2.17. The van der Waals surface area contributed by atoms with Gasteiger partial charge in [-0.05, 0) is 5.56 Å². The molecular weight excluding hydrogens is 192 g/mol. The van der Waals surface area contributed by atoms with Crippen molar-refractivity contribution in [2.24, 2.45) is 5.73 Å².